The lowest BCUT2D eigenvalue weighted by atomic mass is 9.80. The molecule has 1 atom stereocenters. The highest BCUT2D eigenvalue weighted by atomic mass is 16.7. The zero-order valence-electron chi connectivity index (χ0n) is 13.0. The fourth-order valence-electron chi connectivity index (χ4n) is 2.86. The number of hydrogen-bond acceptors (Lipinski definition) is 3. The summed E-state index contributed by atoms with van der Waals surface area (Å²) in [6.45, 7) is 8.44. The summed E-state index contributed by atoms with van der Waals surface area (Å²) in [6.07, 6.45) is 7.96. The maximum absolute atomic E-state index is 12.2. The SMILES string of the molecule is CCC(C)(CC(C)C)C(=O)OCOC1CCCCC1. The molecule has 3 nitrogen and oxygen atoms in total. The summed E-state index contributed by atoms with van der Waals surface area (Å²) in [6, 6.07) is 0. The van der Waals surface area contributed by atoms with Gasteiger partial charge in [-0.05, 0) is 38.5 Å². The molecule has 0 bridgehead atoms. The lowest BCUT2D eigenvalue weighted by Gasteiger charge is -2.28. The van der Waals surface area contributed by atoms with Crippen molar-refractivity contribution in [3.8, 4) is 0 Å². The van der Waals surface area contributed by atoms with Gasteiger partial charge in [0.15, 0.2) is 6.79 Å². The highest BCUT2D eigenvalue weighted by Gasteiger charge is 2.33. The van der Waals surface area contributed by atoms with Crippen LogP contribution < -0.4 is 0 Å². The topological polar surface area (TPSA) is 35.5 Å². The van der Waals surface area contributed by atoms with Crippen LogP contribution in [0.2, 0.25) is 0 Å². The van der Waals surface area contributed by atoms with Gasteiger partial charge < -0.3 is 9.47 Å². The van der Waals surface area contributed by atoms with Crippen LogP contribution in [0.15, 0.2) is 0 Å². The molecular formula is C16H30O3. The third kappa shape index (κ3) is 5.52. The first-order chi connectivity index (χ1) is 8.98. The molecule has 1 aliphatic rings. The largest absolute Gasteiger partial charge is 0.438 e. The van der Waals surface area contributed by atoms with Crippen LogP contribution in [0.3, 0.4) is 0 Å². The fraction of sp³-hybridized carbons (Fsp3) is 0.938. The molecule has 1 fully saturated rings. The Bertz CT molecular complexity index is 269. The van der Waals surface area contributed by atoms with Crippen molar-refractivity contribution in [3.63, 3.8) is 0 Å². The molecule has 1 rings (SSSR count). The summed E-state index contributed by atoms with van der Waals surface area (Å²) < 4.78 is 11.0. The minimum Gasteiger partial charge on any atom is -0.438 e. The maximum atomic E-state index is 12.2. The second kappa shape index (κ2) is 7.88. The van der Waals surface area contributed by atoms with E-state index in [4.69, 9.17) is 9.47 Å². The molecule has 3 heteroatoms. The number of rotatable bonds is 7. The van der Waals surface area contributed by atoms with Gasteiger partial charge in [0, 0.05) is 0 Å². The second-order valence-corrected chi connectivity index (χ2v) is 6.49. The minimum absolute atomic E-state index is 0.112. The molecule has 0 saturated heterocycles. The highest BCUT2D eigenvalue weighted by molar-refractivity contribution is 5.76. The van der Waals surface area contributed by atoms with Gasteiger partial charge in [0.25, 0.3) is 0 Å². The van der Waals surface area contributed by atoms with Crippen LogP contribution in [0.5, 0.6) is 0 Å². The van der Waals surface area contributed by atoms with E-state index in [1.54, 1.807) is 0 Å². The van der Waals surface area contributed by atoms with Crippen LogP contribution in [-0.2, 0) is 14.3 Å². The third-order valence-corrected chi connectivity index (χ3v) is 4.18. The Kier molecular flexibility index (Phi) is 6.84. The predicted molar refractivity (Wildman–Crippen MR) is 76.8 cm³/mol. The van der Waals surface area contributed by atoms with Crippen molar-refractivity contribution in [2.45, 2.75) is 78.7 Å². The average molecular weight is 270 g/mol. The molecule has 1 aliphatic carbocycles. The van der Waals surface area contributed by atoms with Crippen molar-refractivity contribution >= 4 is 5.97 Å². The monoisotopic (exact) mass is 270 g/mol. The Labute approximate surface area is 118 Å². The molecule has 0 aromatic heterocycles. The van der Waals surface area contributed by atoms with E-state index >= 15 is 0 Å². The third-order valence-electron chi connectivity index (χ3n) is 4.18. The van der Waals surface area contributed by atoms with Crippen LogP contribution in [0.25, 0.3) is 0 Å². The van der Waals surface area contributed by atoms with Gasteiger partial charge in [-0.2, -0.15) is 0 Å². The number of carbonyl (C=O) groups is 1. The Hall–Kier alpha value is -0.570. The standard InChI is InChI=1S/C16H30O3/c1-5-16(4,11-13(2)3)15(17)19-12-18-14-9-7-6-8-10-14/h13-14H,5-12H2,1-4H3. The zero-order chi connectivity index (χ0) is 14.3. The number of ether oxygens (including phenoxy) is 2. The summed E-state index contributed by atoms with van der Waals surface area (Å²) in [7, 11) is 0. The van der Waals surface area contributed by atoms with Gasteiger partial charge in [-0.25, -0.2) is 0 Å². The van der Waals surface area contributed by atoms with E-state index in [9.17, 15) is 4.79 Å². The maximum Gasteiger partial charge on any atom is 0.313 e. The Morgan fingerprint density at radius 2 is 1.89 bits per heavy atom. The molecule has 0 radical (unpaired) electrons. The van der Waals surface area contributed by atoms with Crippen LogP contribution in [0.4, 0.5) is 0 Å². The van der Waals surface area contributed by atoms with E-state index in [2.05, 4.69) is 13.8 Å². The number of carbonyl (C=O) groups excluding carboxylic acids is 1. The first-order valence-corrected chi connectivity index (χ1v) is 7.76. The molecule has 112 valence electrons. The molecule has 0 heterocycles. The minimum atomic E-state index is -0.371. The van der Waals surface area contributed by atoms with Crippen molar-refractivity contribution in [1.82, 2.24) is 0 Å². The normalized spacial score (nSPS) is 20.3. The van der Waals surface area contributed by atoms with Gasteiger partial charge in [0.05, 0.1) is 11.5 Å². The summed E-state index contributed by atoms with van der Waals surface area (Å²) >= 11 is 0. The smallest absolute Gasteiger partial charge is 0.313 e. The summed E-state index contributed by atoms with van der Waals surface area (Å²) in [5.41, 5.74) is -0.371. The molecule has 1 saturated carbocycles. The highest BCUT2D eigenvalue weighted by Crippen LogP contribution is 2.31. The number of hydrogen-bond donors (Lipinski definition) is 0. The molecular weight excluding hydrogens is 240 g/mol. The average Bonchev–Trinajstić information content (AvgIpc) is 2.39. The second-order valence-electron chi connectivity index (χ2n) is 6.49. The molecule has 0 amide bonds. The van der Waals surface area contributed by atoms with E-state index in [1.165, 1.54) is 19.3 Å². The molecule has 0 aromatic carbocycles. The van der Waals surface area contributed by atoms with Gasteiger partial charge in [-0.1, -0.05) is 40.0 Å². The predicted octanol–water partition coefficient (Wildman–Crippen LogP) is 4.30. The van der Waals surface area contributed by atoms with E-state index in [-0.39, 0.29) is 18.2 Å². The Morgan fingerprint density at radius 3 is 2.42 bits per heavy atom. The lowest BCUT2D eigenvalue weighted by Crippen LogP contribution is -2.32. The van der Waals surface area contributed by atoms with Crippen molar-refractivity contribution in [2.75, 3.05) is 6.79 Å². The van der Waals surface area contributed by atoms with E-state index in [0.29, 0.717) is 12.0 Å². The summed E-state index contributed by atoms with van der Waals surface area (Å²) in [5, 5.41) is 0. The van der Waals surface area contributed by atoms with Crippen molar-refractivity contribution < 1.29 is 14.3 Å². The van der Waals surface area contributed by atoms with Crippen LogP contribution in [-0.4, -0.2) is 18.9 Å². The Morgan fingerprint density at radius 1 is 1.26 bits per heavy atom. The van der Waals surface area contributed by atoms with Crippen molar-refractivity contribution in [1.29, 1.82) is 0 Å². The molecule has 0 N–H and O–H groups in total. The molecule has 19 heavy (non-hydrogen) atoms. The molecule has 0 spiro atoms. The van der Waals surface area contributed by atoms with E-state index in [1.807, 2.05) is 13.8 Å². The fourth-order valence-corrected chi connectivity index (χ4v) is 2.86. The summed E-state index contributed by atoms with van der Waals surface area (Å²) in [5.74, 6) is 0.385. The van der Waals surface area contributed by atoms with Crippen molar-refractivity contribution in [3.05, 3.63) is 0 Å². The van der Waals surface area contributed by atoms with Gasteiger partial charge in [0.1, 0.15) is 0 Å². The van der Waals surface area contributed by atoms with Crippen LogP contribution >= 0.6 is 0 Å². The van der Waals surface area contributed by atoms with Crippen LogP contribution in [0, 0.1) is 11.3 Å². The zero-order valence-corrected chi connectivity index (χ0v) is 13.0. The van der Waals surface area contributed by atoms with Gasteiger partial charge in [-0.15, -0.1) is 0 Å². The number of esters is 1. The van der Waals surface area contributed by atoms with E-state index in [0.717, 1.165) is 25.7 Å². The first-order valence-electron chi connectivity index (χ1n) is 7.76. The first kappa shape index (κ1) is 16.5. The lowest BCUT2D eigenvalue weighted by molar-refractivity contribution is -0.174. The molecule has 1 unspecified atom stereocenters. The Balaban J connectivity index is 2.31. The van der Waals surface area contributed by atoms with Gasteiger partial charge in [0.2, 0.25) is 0 Å². The van der Waals surface area contributed by atoms with Crippen molar-refractivity contribution in [2.24, 2.45) is 11.3 Å². The van der Waals surface area contributed by atoms with Gasteiger partial charge >= 0.3 is 5.97 Å². The summed E-state index contributed by atoms with van der Waals surface area (Å²) in [4.78, 5) is 12.2. The molecule has 0 aromatic rings. The van der Waals surface area contributed by atoms with Crippen LogP contribution in [0.1, 0.15) is 72.6 Å². The van der Waals surface area contributed by atoms with E-state index < -0.39 is 0 Å². The molecule has 0 aliphatic heterocycles. The quantitative estimate of drug-likeness (QED) is 0.511. The van der Waals surface area contributed by atoms with Gasteiger partial charge in [-0.3, -0.25) is 4.79 Å².